The molecule has 0 saturated heterocycles. The van der Waals surface area contributed by atoms with E-state index in [0.29, 0.717) is 43.2 Å². The number of hydrogen-bond donors (Lipinski definition) is 0. The molecule has 0 N–H and O–H groups in total. The van der Waals surface area contributed by atoms with E-state index >= 15 is 0 Å². The van der Waals surface area contributed by atoms with E-state index in [1.807, 2.05) is 315 Å². The van der Waals surface area contributed by atoms with E-state index in [-0.39, 0.29) is 56.9 Å². The number of para-hydroxylation sites is 8. The summed E-state index contributed by atoms with van der Waals surface area (Å²) in [6.45, 7) is 11.0. The van der Waals surface area contributed by atoms with Crippen LogP contribution in [0.1, 0.15) is 63.8 Å². The number of esters is 3. The molecule has 0 fully saturated rings. The zero-order valence-corrected chi connectivity index (χ0v) is 72.4. The van der Waals surface area contributed by atoms with Crippen LogP contribution in [0.25, 0.3) is 43.5 Å². The molecule has 118 heavy (non-hydrogen) atoms. The summed E-state index contributed by atoms with van der Waals surface area (Å²) in [5.74, 6) is 2.14. The van der Waals surface area contributed by atoms with Gasteiger partial charge in [-0.3, -0.25) is 24.4 Å². The summed E-state index contributed by atoms with van der Waals surface area (Å²) in [5, 5.41) is 18.9. The average Bonchev–Trinajstić information content (AvgIpc) is 0.861. The Kier molecular flexibility index (Phi) is 44.0. The first-order chi connectivity index (χ1) is 56.7. The molecule has 0 bridgehead atoms. The van der Waals surface area contributed by atoms with Gasteiger partial charge in [0, 0.05) is 54.5 Å². The molecule has 0 atom stereocenters. The van der Waals surface area contributed by atoms with Crippen LogP contribution in [0.2, 0.25) is 0 Å². The second-order valence-electron chi connectivity index (χ2n) is 24.3. The normalized spacial score (nSPS) is 10.5. The molecule has 12 aromatic carbocycles. The molecule has 0 amide bonds. The molecule has 14 aromatic rings. The van der Waals surface area contributed by atoms with Crippen molar-refractivity contribution in [1.82, 2.24) is 9.97 Å². The van der Waals surface area contributed by atoms with Crippen molar-refractivity contribution in [3.8, 4) is 22.3 Å². The number of hydrogen-bond acceptors (Lipinski definition) is 12. The molecule has 2 radical (unpaired) electrons. The molecule has 0 aliphatic heterocycles. The Morgan fingerprint density at radius 1 is 0.263 bits per heavy atom. The molecular weight excluding hydrogens is 1780 g/mol. The van der Waals surface area contributed by atoms with Crippen molar-refractivity contribution >= 4 is 119 Å². The van der Waals surface area contributed by atoms with Crippen LogP contribution in [-0.4, -0.2) is 71.0 Å². The van der Waals surface area contributed by atoms with Crippen LogP contribution < -0.4 is 0 Å². The van der Waals surface area contributed by atoms with Gasteiger partial charge >= 0.3 is 56.9 Å². The van der Waals surface area contributed by atoms with Gasteiger partial charge in [0.15, 0.2) is 0 Å². The maximum Gasteiger partial charge on any atom is 2.00 e. The molecule has 0 aliphatic carbocycles. The molecule has 2 aromatic heterocycles. The van der Waals surface area contributed by atoms with Crippen LogP contribution in [0.4, 0.5) is 45.5 Å². The summed E-state index contributed by atoms with van der Waals surface area (Å²) in [4.78, 5) is 56.5. The van der Waals surface area contributed by atoms with Crippen LogP contribution in [0, 0.1) is 0 Å². The van der Waals surface area contributed by atoms with Crippen LogP contribution in [-0.2, 0) is 67.6 Å². The largest absolute Gasteiger partial charge is 2.00 e. The monoisotopic (exact) mass is 1860 g/mol. The summed E-state index contributed by atoms with van der Waals surface area (Å²) in [7, 11) is 0. The molecule has 20 heteroatoms. The zero-order chi connectivity index (χ0) is 82.0. The number of carbonyl (C=O) groups is 3. The third-order valence-corrected chi connectivity index (χ3v) is 16.5. The summed E-state index contributed by atoms with van der Waals surface area (Å²) in [6, 6.07) is 120. The smallest absolute Gasteiger partial charge is 0.466 e. The number of pyridine rings is 2. The second kappa shape index (κ2) is 55.1. The van der Waals surface area contributed by atoms with Gasteiger partial charge < -0.3 is 55.4 Å². The SMILES string of the molecule is Brc1ccc(C(=Nc2ccccc2)[N-]c2ccccc2)cc1.Brc1ccc(C(=Nc2ccccc2)[N-]c2ccccc2)cc1.CCOC(C)=O.CCOC(C)=O.CCOC(C)=O.[Rh+2].[Rh+2].c1ccc(N=C([N-]c2ccccc2)c2ccc(-c3ccncc3)cc2)cc1.c1ccc(N=C([N-]c2ccccc2)c2ccc(-c3ccncc3)cc2)cc1. The molecular formula is C98H88Br2N10O6Rh2. The van der Waals surface area contributed by atoms with Crippen molar-refractivity contribution < 1.29 is 67.6 Å². The van der Waals surface area contributed by atoms with E-state index < -0.39 is 0 Å². The first-order valence-electron chi connectivity index (χ1n) is 37.3. The van der Waals surface area contributed by atoms with Gasteiger partial charge in [-0.1, -0.05) is 371 Å². The fourth-order valence-corrected chi connectivity index (χ4v) is 10.7. The Hall–Kier alpha value is -12.6. The Morgan fingerprint density at radius 3 is 0.619 bits per heavy atom. The Balaban J connectivity index is 0.000000227. The quantitative estimate of drug-likeness (QED) is 0.0281. The molecule has 598 valence electrons. The number of aliphatic imine (C=N–C) groups is 4. The number of rotatable bonds is 17. The van der Waals surface area contributed by atoms with Gasteiger partial charge in [-0.05, 0) is 159 Å². The van der Waals surface area contributed by atoms with E-state index in [2.05, 4.69) is 125 Å². The number of halogens is 2. The molecule has 0 aliphatic rings. The van der Waals surface area contributed by atoms with Gasteiger partial charge in [0.25, 0.3) is 0 Å². The Morgan fingerprint density at radius 2 is 0.441 bits per heavy atom. The zero-order valence-electron chi connectivity index (χ0n) is 65.9. The summed E-state index contributed by atoms with van der Waals surface area (Å²) >= 11 is 6.92. The van der Waals surface area contributed by atoms with Crippen LogP contribution in [0.3, 0.4) is 0 Å². The molecule has 0 spiro atoms. The topological polar surface area (TPSA) is 211 Å². The Bertz CT molecular complexity index is 4920. The van der Waals surface area contributed by atoms with Gasteiger partial charge in [0.05, 0.1) is 19.8 Å². The van der Waals surface area contributed by atoms with Crippen LogP contribution >= 0.6 is 31.9 Å². The average molecular weight is 1870 g/mol. The third kappa shape index (κ3) is 36.5. The summed E-state index contributed by atoms with van der Waals surface area (Å²) in [6.07, 6.45) is 7.21. The van der Waals surface area contributed by atoms with Crippen molar-refractivity contribution in [3.05, 3.63) is 441 Å². The molecule has 14 rings (SSSR count). The molecule has 0 unspecified atom stereocenters. The number of nitrogens with zero attached hydrogens (tertiary/aromatic N) is 10. The van der Waals surface area contributed by atoms with E-state index in [0.717, 1.165) is 99.0 Å². The van der Waals surface area contributed by atoms with Crippen LogP contribution in [0.5, 0.6) is 0 Å². The summed E-state index contributed by atoms with van der Waals surface area (Å²) in [5.41, 5.74) is 15.5. The van der Waals surface area contributed by atoms with Gasteiger partial charge in [0.2, 0.25) is 0 Å². The fourth-order valence-electron chi connectivity index (χ4n) is 10.1. The van der Waals surface area contributed by atoms with Crippen LogP contribution in [0.15, 0.2) is 418 Å². The van der Waals surface area contributed by atoms with Gasteiger partial charge in [-0.25, -0.2) is 0 Å². The van der Waals surface area contributed by atoms with E-state index in [1.54, 1.807) is 45.6 Å². The first kappa shape index (κ1) is 94.3. The van der Waals surface area contributed by atoms with Gasteiger partial charge in [-0.2, -0.15) is 0 Å². The van der Waals surface area contributed by atoms with Crippen molar-refractivity contribution in [2.24, 2.45) is 20.0 Å². The minimum atomic E-state index is -0.211. The Labute approximate surface area is 735 Å². The minimum absolute atomic E-state index is 0. The van der Waals surface area contributed by atoms with Crippen molar-refractivity contribution in [2.45, 2.75) is 41.5 Å². The second-order valence-corrected chi connectivity index (χ2v) is 26.1. The number of aromatic nitrogens is 2. The van der Waals surface area contributed by atoms with E-state index in [9.17, 15) is 14.4 Å². The standard InChI is InChI=1S/2C24H18N3.2C19H14BrN2.3C4H8O2.2Rh/c2*1-3-7-22(8-4-1)26-24(27-23-9-5-2-6-10-23)21-13-11-19(12-14-21)20-15-17-25-18-16-20;2*20-16-13-11-15(12-14-16)19(21-17-7-3-1-4-8-17)22-18-9-5-2-6-10-18;3*1-3-6-4(2)5;;/h2*1-18H;2*1-14H;3*3H2,1-2H3;;/q4*-1;;;;2*+2. The fraction of sp³-hybridized carbons (Fsp3) is 0.0918. The van der Waals surface area contributed by atoms with Crippen molar-refractivity contribution in [2.75, 3.05) is 19.8 Å². The number of ether oxygens (including phenoxy) is 3. The first-order valence-corrected chi connectivity index (χ1v) is 38.8. The molecule has 0 saturated carbocycles. The van der Waals surface area contributed by atoms with Crippen molar-refractivity contribution in [1.29, 1.82) is 0 Å². The third-order valence-electron chi connectivity index (χ3n) is 15.5. The maximum absolute atomic E-state index is 9.82. The number of amidine groups is 4. The minimum Gasteiger partial charge on any atom is -0.466 e. The number of benzene rings is 12. The van der Waals surface area contributed by atoms with E-state index in [4.69, 9.17) is 20.6 Å². The maximum atomic E-state index is 9.82. The van der Waals surface area contributed by atoms with E-state index in [1.165, 1.54) is 20.8 Å². The molecule has 2 heterocycles. The van der Waals surface area contributed by atoms with Gasteiger partial charge in [0.1, 0.15) is 0 Å². The predicted octanol–water partition coefficient (Wildman–Crippen LogP) is 27.2. The summed E-state index contributed by atoms with van der Waals surface area (Å²) < 4.78 is 15.3. The van der Waals surface area contributed by atoms with Crippen molar-refractivity contribution in [3.63, 3.8) is 0 Å². The predicted molar refractivity (Wildman–Crippen MR) is 483 cm³/mol. The number of carbonyl (C=O) groups excluding carboxylic acids is 3. The van der Waals surface area contributed by atoms with Gasteiger partial charge in [-0.15, -0.1) is 0 Å². The molecule has 16 nitrogen and oxygen atoms in total.